The molecule has 2 atom stereocenters. The van der Waals surface area contributed by atoms with E-state index in [0.717, 1.165) is 25.4 Å². The first-order valence-electron chi connectivity index (χ1n) is 7.47. The molecule has 3 heteroatoms. The topological polar surface area (TPSA) is 29.9 Å². The minimum atomic E-state index is 0.581. The highest BCUT2D eigenvalue weighted by Gasteiger charge is 2.23. The maximum Gasteiger partial charge on any atom is 0.0718 e. The smallest absolute Gasteiger partial charge is 0.0718 e. The Bertz CT molecular complexity index is 558. The van der Waals surface area contributed by atoms with E-state index in [9.17, 15) is 0 Å². The quantitative estimate of drug-likeness (QED) is 0.916. The van der Waals surface area contributed by atoms with Crippen molar-refractivity contribution >= 4 is 10.9 Å². The summed E-state index contributed by atoms with van der Waals surface area (Å²) in [5.74, 6) is 0.749. The van der Waals surface area contributed by atoms with Crippen LogP contribution >= 0.6 is 0 Å². The molecule has 1 aromatic carbocycles. The predicted molar refractivity (Wildman–Crippen MR) is 79.3 cm³/mol. The Morgan fingerprint density at radius 3 is 3.00 bits per heavy atom. The molecular formula is C16H23N3. The van der Waals surface area contributed by atoms with Gasteiger partial charge in [-0.3, -0.25) is 4.68 Å². The lowest BCUT2D eigenvalue weighted by molar-refractivity contribution is 0.297. The third kappa shape index (κ3) is 2.39. The summed E-state index contributed by atoms with van der Waals surface area (Å²) in [4.78, 5) is 0. The first-order valence-corrected chi connectivity index (χ1v) is 7.47. The van der Waals surface area contributed by atoms with Crippen molar-refractivity contribution in [2.24, 2.45) is 5.92 Å². The number of hydrogen-bond donors (Lipinski definition) is 1. The van der Waals surface area contributed by atoms with Crippen molar-refractivity contribution in [3.05, 3.63) is 30.0 Å². The molecule has 1 fully saturated rings. The summed E-state index contributed by atoms with van der Waals surface area (Å²) < 4.78 is 2.12. The molecule has 1 N–H and O–H groups in total. The zero-order valence-corrected chi connectivity index (χ0v) is 11.9. The second-order valence-corrected chi connectivity index (χ2v) is 5.66. The highest BCUT2D eigenvalue weighted by molar-refractivity contribution is 5.82. The Balaban J connectivity index is 1.92. The van der Waals surface area contributed by atoms with Gasteiger partial charge in [0.25, 0.3) is 0 Å². The standard InChI is InChI=1S/C16H23N3/c1-3-19-16-9-5-4-8-13(16)15(18-19)11-14-12(2)7-6-10-17-14/h4-5,8-9,12,14,17H,3,6-7,10-11H2,1-2H3. The number of piperidine rings is 1. The van der Waals surface area contributed by atoms with Crippen LogP contribution in [0.15, 0.2) is 24.3 Å². The lowest BCUT2D eigenvalue weighted by Crippen LogP contribution is -2.41. The largest absolute Gasteiger partial charge is 0.313 e. The number of para-hydroxylation sites is 1. The molecule has 0 radical (unpaired) electrons. The molecule has 102 valence electrons. The third-order valence-electron chi connectivity index (χ3n) is 4.38. The minimum absolute atomic E-state index is 0.581. The van der Waals surface area contributed by atoms with E-state index in [1.807, 2.05) is 0 Å². The van der Waals surface area contributed by atoms with Crippen molar-refractivity contribution in [3.63, 3.8) is 0 Å². The van der Waals surface area contributed by atoms with Crippen LogP contribution in [0.5, 0.6) is 0 Å². The number of nitrogens with zero attached hydrogens (tertiary/aromatic N) is 2. The lowest BCUT2D eigenvalue weighted by Gasteiger charge is -2.29. The summed E-state index contributed by atoms with van der Waals surface area (Å²) >= 11 is 0. The number of rotatable bonds is 3. The average Bonchev–Trinajstić information content (AvgIpc) is 2.80. The van der Waals surface area contributed by atoms with Crippen LogP contribution in [0, 0.1) is 5.92 Å². The van der Waals surface area contributed by atoms with Crippen molar-refractivity contribution in [2.45, 2.75) is 45.7 Å². The maximum absolute atomic E-state index is 4.81. The fraction of sp³-hybridized carbons (Fsp3) is 0.562. The molecule has 1 aromatic heterocycles. The Labute approximate surface area is 115 Å². The first kappa shape index (κ1) is 12.7. The Hall–Kier alpha value is -1.35. The fourth-order valence-corrected chi connectivity index (χ4v) is 3.18. The summed E-state index contributed by atoms with van der Waals surface area (Å²) in [5.41, 5.74) is 2.52. The van der Waals surface area contributed by atoms with Gasteiger partial charge in [0.05, 0.1) is 11.2 Å². The van der Waals surface area contributed by atoms with Gasteiger partial charge in [-0.05, 0) is 38.3 Å². The van der Waals surface area contributed by atoms with Gasteiger partial charge in [-0.25, -0.2) is 0 Å². The van der Waals surface area contributed by atoms with Crippen LogP contribution in [0.4, 0.5) is 0 Å². The number of aromatic nitrogens is 2. The number of nitrogens with one attached hydrogen (secondary N) is 1. The van der Waals surface area contributed by atoms with Crippen molar-refractivity contribution in [2.75, 3.05) is 6.54 Å². The molecule has 0 amide bonds. The summed E-state index contributed by atoms with van der Waals surface area (Å²) in [5, 5.41) is 9.80. The van der Waals surface area contributed by atoms with E-state index in [4.69, 9.17) is 5.10 Å². The number of fused-ring (bicyclic) bond motifs is 1. The molecule has 0 spiro atoms. The Morgan fingerprint density at radius 1 is 1.37 bits per heavy atom. The van der Waals surface area contributed by atoms with E-state index in [0.29, 0.717) is 6.04 Å². The molecule has 1 saturated heterocycles. The van der Waals surface area contributed by atoms with Gasteiger partial charge in [0.15, 0.2) is 0 Å². The van der Waals surface area contributed by atoms with Crippen LogP contribution in [0.1, 0.15) is 32.4 Å². The van der Waals surface area contributed by atoms with Crippen LogP contribution in [0.3, 0.4) is 0 Å². The lowest BCUT2D eigenvalue weighted by atomic mass is 9.89. The molecule has 2 heterocycles. The van der Waals surface area contributed by atoms with Crippen LogP contribution in [0.2, 0.25) is 0 Å². The predicted octanol–water partition coefficient (Wildman–Crippen LogP) is 2.99. The van der Waals surface area contributed by atoms with Crippen molar-refractivity contribution in [1.82, 2.24) is 15.1 Å². The molecule has 0 saturated carbocycles. The fourth-order valence-electron chi connectivity index (χ4n) is 3.18. The average molecular weight is 257 g/mol. The Kier molecular flexibility index (Phi) is 3.56. The zero-order chi connectivity index (χ0) is 13.2. The van der Waals surface area contributed by atoms with E-state index >= 15 is 0 Å². The molecule has 1 aliphatic rings. The first-order chi connectivity index (χ1) is 9.29. The summed E-state index contributed by atoms with van der Waals surface area (Å²) in [6, 6.07) is 9.18. The summed E-state index contributed by atoms with van der Waals surface area (Å²) in [6.45, 7) is 6.61. The van der Waals surface area contributed by atoms with E-state index in [-0.39, 0.29) is 0 Å². The zero-order valence-electron chi connectivity index (χ0n) is 11.9. The summed E-state index contributed by atoms with van der Waals surface area (Å²) in [6.07, 6.45) is 3.70. The van der Waals surface area contributed by atoms with Gasteiger partial charge in [0, 0.05) is 24.4 Å². The monoisotopic (exact) mass is 257 g/mol. The van der Waals surface area contributed by atoms with Crippen molar-refractivity contribution < 1.29 is 0 Å². The molecule has 3 rings (SSSR count). The molecular weight excluding hydrogens is 234 g/mol. The number of aryl methyl sites for hydroxylation is 1. The molecule has 2 aromatic rings. The van der Waals surface area contributed by atoms with Crippen LogP contribution < -0.4 is 5.32 Å². The Morgan fingerprint density at radius 2 is 2.21 bits per heavy atom. The highest BCUT2D eigenvalue weighted by Crippen LogP contribution is 2.24. The van der Waals surface area contributed by atoms with E-state index < -0.39 is 0 Å². The second-order valence-electron chi connectivity index (χ2n) is 5.66. The van der Waals surface area contributed by atoms with Gasteiger partial charge < -0.3 is 5.32 Å². The van der Waals surface area contributed by atoms with Gasteiger partial charge in [-0.2, -0.15) is 5.10 Å². The van der Waals surface area contributed by atoms with Gasteiger partial charge >= 0.3 is 0 Å². The van der Waals surface area contributed by atoms with E-state index in [2.05, 4.69) is 48.1 Å². The van der Waals surface area contributed by atoms with Crippen molar-refractivity contribution in [1.29, 1.82) is 0 Å². The number of benzene rings is 1. The molecule has 1 aliphatic heterocycles. The summed E-state index contributed by atoms with van der Waals surface area (Å²) in [7, 11) is 0. The minimum Gasteiger partial charge on any atom is -0.313 e. The second kappa shape index (κ2) is 5.33. The molecule has 2 unspecified atom stereocenters. The van der Waals surface area contributed by atoms with Gasteiger partial charge in [0.2, 0.25) is 0 Å². The SMILES string of the molecule is CCn1nc(CC2NCCCC2C)c2ccccc21. The van der Waals surface area contributed by atoms with Gasteiger partial charge in [-0.1, -0.05) is 25.1 Å². The molecule has 3 nitrogen and oxygen atoms in total. The molecule has 0 aliphatic carbocycles. The van der Waals surface area contributed by atoms with Crippen molar-refractivity contribution in [3.8, 4) is 0 Å². The van der Waals surface area contributed by atoms with E-state index in [1.165, 1.54) is 29.4 Å². The number of hydrogen-bond acceptors (Lipinski definition) is 2. The molecule has 19 heavy (non-hydrogen) atoms. The van der Waals surface area contributed by atoms with Gasteiger partial charge in [0.1, 0.15) is 0 Å². The van der Waals surface area contributed by atoms with Crippen LogP contribution in [0.25, 0.3) is 10.9 Å². The van der Waals surface area contributed by atoms with E-state index in [1.54, 1.807) is 0 Å². The highest BCUT2D eigenvalue weighted by atomic mass is 15.3. The van der Waals surface area contributed by atoms with Crippen LogP contribution in [-0.2, 0) is 13.0 Å². The molecule has 0 bridgehead atoms. The van der Waals surface area contributed by atoms with Gasteiger partial charge in [-0.15, -0.1) is 0 Å². The normalized spacial score (nSPS) is 23.9. The maximum atomic E-state index is 4.81. The third-order valence-corrected chi connectivity index (χ3v) is 4.38. The van der Waals surface area contributed by atoms with Crippen LogP contribution in [-0.4, -0.2) is 22.4 Å².